The average molecular weight is 432 g/mol. The summed E-state index contributed by atoms with van der Waals surface area (Å²) in [5, 5.41) is 0. The fourth-order valence-electron chi connectivity index (χ4n) is 2.11. The van der Waals surface area contributed by atoms with Gasteiger partial charge in [0.25, 0.3) is 0 Å². The molecule has 0 amide bonds. The predicted molar refractivity (Wildman–Crippen MR) is 97.2 cm³/mol. The summed E-state index contributed by atoms with van der Waals surface area (Å²) < 4.78 is 39.2. The molecule has 1 aromatic carbocycles. The lowest BCUT2D eigenvalue weighted by Crippen LogP contribution is -2.52. The molecule has 0 aromatic heterocycles. The fourth-order valence-corrected chi connectivity index (χ4v) is 4.31. The number of sulfonamides is 1. The van der Waals surface area contributed by atoms with Crippen molar-refractivity contribution in [3.05, 3.63) is 16.6 Å². The number of benzene rings is 1. The van der Waals surface area contributed by atoms with E-state index in [4.69, 9.17) is 15.2 Å². The molecule has 0 unspecified atom stereocenters. The third-order valence-corrected chi connectivity index (χ3v) is 6.04. The first-order chi connectivity index (χ1) is 10.3. The Morgan fingerprint density at radius 3 is 2.09 bits per heavy atom. The van der Waals surface area contributed by atoms with E-state index in [1.54, 1.807) is 6.07 Å². The highest BCUT2D eigenvalue weighted by molar-refractivity contribution is 9.10. The quantitative estimate of drug-likeness (QED) is 0.660. The SMILES string of the molecule is CCC(CC)(CN)NS(=O)(=O)c1cc(OC)c(Br)cc1OC.Cl. The molecule has 0 fully saturated rings. The summed E-state index contributed by atoms with van der Waals surface area (Å²) in [7, 11) is -0.912. The second kappa shape index (κ2) is 9.08. The van der Waals surface area contributed by atoms with Crippen LogP contribution in [0, 0.1) is 0 Å². The minimum atomic E-state index is -3.80. The minimum absolute atomic E-state index is 0. The van der Waals surface area contributed by atoms with Gasteiger partial charge < -0.3 is 15.2 Å². The number of methoxy groups -OCH3 is 2. The van der Waals surface area contributed by atoms with Crippen molar-refractivity contribution in [2.75, 3.05) is 20.8 Å². The van der Waals surface area contributed by atoms with Crippen LogP contribution >= 0.6 is 28.3 Å². The smallest absolute Gasteiger partial charge is 0.244 e. The third kappa shape index (κ3) is 4.96. The molecule has 1 aromatic rings. The van der Waals surface area contributed by atoms with Crippen LogP contribution in [0.15, 0.2) is 21.5 Å². The first-order valence-electron chi connectivity index (χ1n) is 6.94. The maximum absolute atomic E-state index is 12.8. The number of hydrogen-bond donors (Lipinski definition) is 2. The fraction of sp³-hybridized carbons (Fsp3) is 0.571. The highest BCUT2D eigenvalue weighted by Gasteiger charge is 2.33. The van der Waals surface area contributed by atoms with E-state index < -0.39 is 15.6 Å². The molecule has 0 heterocycles. The summed E-state index contributed by atoms with van der Waals surface area (Å²) in [5.74, 6) is 0.644. The molecule has 0 aliphatic rings. The Balaban J connectivity index is 0.00000484. The summed E-state index contributed by atoms with van der Waals surface area (Å²) in [4.78, 5) is 0.0229. The van der Waals surface area contributed by atoms with E-state index in [1.807, 2.05) is 13.8 Å². The monoisotopic (exact) mass is 430 g/mol. The molecule has 0 saturated heterocycles. The maximum atomic E-state index is 12.8. The van der Waals surface area contributed by atoms with E-state index in [-0.39, 0.29) is 29.6 Å². The van der Waals surface area contributed by atoms with Gasteiger partial charge in [0, 0.05) is 18.2 Å². The van der Waals surface area contributed by atoms with E-state index in [0.717, 1.165) is 0 Å². The minimum Gasteiger partial charge on any atom is -0.496 e. The van der Waals surface area contributed by atoms with Gasteiger partial charge in [-0.05, 0) is 34.8 Å². The Morgan fingerprint density at radius 2 is 1.70 bits per heavy atom. The van der Waals surface area contributed by atoms with Crippen LogP contribution in [0.5, 0.6) is 11.5 Å². The second-order valence-electron chi connectivity index (χ2n) is 4.93. The summed E-state index contributed by atoms with van der Waals surface area (Å²) >= 11 is 3.31. The normalized spacial score (nSPS) is 11.7. The number of rotatable bonds is 8. The molecule has 0 aliphatic heterocycles. The van der Waals surface area contributed by atoms with Crippen LogP contribution in [-0.4, -0.2) is 34.7 Å². The molecule has 23 heavy (non-hydrogen) atoms. The number of hydrogen-bond acceptors (Lipinski definition) is 5. The van der Waals surface area contributed by atoms with Gasteiger partial charge in [0.05, 0.1) is 18.7 Å². The molecule has 3 N–H and O–H groups in total. The van der Waals surface area contributed by atoms with Gasteiger partial charge in [0.15, 0.2) is 0 Å². The van der Waals surface area contributed by atoms with Crippen molar-refractivity contribution >= 4 is 38.4 Å². The molecule has 0 radical (unpaired) electrons. The number of nitrogens with two attached hydrogens (primary N) is 1. The Kier molecular flexibility index (Phi) is 8.86. The van der Waals surface area contributed by atoms with Crippen molar-refractivity contribution in [1.82, 2.24) is 4.72 Å². The van der Waals surface area contributed by atoms with Crippen molar-refractivity contribution in [2.24, 2.45) is 5.73 Å². The van der Waals surface area contributed by atoms with Gasteiger partial charge in [0.2, 0.25) is 10.0 Å². The average Bonchev–Trinajstić information content (AvgIpc) is 2.52. The van der Waals surface area contributed by atoms with E-state index in [1.165, 1.54) is 20.3 Å². The van der Waals surface area contributed by atoms with E-state index in [0.29, 0.717) is 23.1 Å². The van der Waals surface area contributed by atoms with E-state index in [9.17, 15) is 8.42 Å². The van der Waals surface area contributed by atoms with Crippen LogP contribution in [-0.2, 0) is 10.0 Å². The molecule has 134 valence electrons. The summed E-state index contributed by atoms with van der Waals surface area (Å²) in [5.41, 5.74) is 5.10. The Bertz CT molecular complexity index is 613. The van der Waals surface area contributed by atoms with Gasteiger partial charge in [-0.25, -0.2) is 13.1 Å². The lowest BCUT2D eigenvalue weighted by atomic mass is 9.95. The van der Waals surface area contributed by atoms with Gasteiger partial charge >= 0.3 is 0 Å². The first-order valence-corrected chi connectivity index (χ1v) is 9.22. The van der Waals surface area contributed by atoms with Crippen LogP contribution < -0.4 is 19.9 Å². The molecule has 0 aliphatic carbocycles. The topological polar surface area (TPSA) is 90.7 Å². The van der Waals surface area contributed by atoms with Crippen molar-refractivity contribution < 1.29 is 17.9 Å². The van der Waals surface area contributed by atoms with E-state index >= 15 is 0 Å². The summed E-state index contributed by atoms with van der Waals surface area (Å²) in [6.45, 7) is 4.02. The lowest BCUT2D eigenvalue weighted by molar-refractivity contribution is 0.359. The Hall–Kier alpha value is -0.540. The zero-order valence-corrected chi connectivity index (χ0v) is 16.9. The third-order valence-electron chi connectivity index (χ3n) is 3.82. The highest BCUT2D eigenvalue weighted by atomic mass is 79.9. The summed E-state index contributed by atoms with van der Waals surface area (Å²) in [6, 6.07) is 2.99. The van der Waals surface area contributed by atoms with Crippen LogP contribution in [0.4, 0.5) is 0 Å². The first kappa shape index (κ1) is 22.5. The number of ether oxygens (including phenoxy) is 2. The summed E-state index contributed by atoms with van der Waals surface area (Å²) in [6.07, 6.45) is 1.18. The molecule has 9 heteroatoms. The molecule has 0 bridgehead atoms. The van der Waals surface area contributed by atoms with Crippen LogP contribution in [0.3, 0.4) is 0 Å². The van der Waals surface area contributed by atoms with E-state index in [2.05, 4.69) is 20.7 Å². The molecule has 0 spiro atoms. The lowest BCUT2D eigenvalue weighted by Gasteiger charge is -2.31. The van der Waals surface area contributed by atoms with Crippen molar-refractivity contribution in [1.29, 1.82) is 0 Å². The molecule has 0 atom stereocenters. The molecule has 6 nitrogen and oxygen atoms in total. The predicted octanol–water partition coefficient (Wildman–Crippen LogP) is 2.68. The van der Waals surface area contributed by atoms with Crippen LogP contribution in [0.2, 0.25) is 0 Å². The Morgan fingerprint density at radius 1 is 1.17 bits per heavy atom. The van der Waals surface area contributed by atoms with Crippen LogP contribution in [0.1, 0.15) is 26.7 Å². The van der Waals surface area contributed by atoms with Gasteiger partial charge in [-0.15, -0.1) is 12.4 Å². The standard InChI is InChI=1S/C14H23BrN2O4S.ClH/c1-5-14(6-2,9-16)17-22(18,19)13-8-11(20-3)10(15)7-12(13)21-4;/h7-8,17H,5-6,9,16H2,1-4H3;1H. The zero-order valence-electron chi connectivity index (χ0n) is 13.7. The molecule has 1 rings (SSSR count). The van der Waals surface area contributed by atoms with Gasteiger partial charge in [-0.3, -0.25) is 0 Å². The van der Waals surface area contributed by atoms with Crippen molar-refractivity contribution in [2.45, 2.75) is 37.1 Å². The van der Waals surface area contributed by atoms with Crippen LogP contribution in [0.25, 0.3) is 0 Å². The number of halogens is 2. The van der Waals surface area contributed by atoms with Gasteiger partial charge in [0.1, 0.15) is 16.4 Å². The number of nitrogens with one attached hydrogen (secondary N) is 1. The zero-order chi connectivity index (χ0) is 17.0. The maximum Gasteiger partial charge on any atom is 0.244 e. The highest BCUT2D eigenvalue weighted by Crippen LogP contribution is 2.35. The van der Waals surface area contributed by atoms with Gasteiger partial charge in [-0.1, -0.05) is 13.8 Å². The van der Waals surface area contributed by atoms with Crippen molar-refractivity contribution in [3.8, 4) is 11.5 Å². The molecule has 0 saturated carbocycles. The Labute approximate surface area is 152 Å². The second-order valence-corrected chi connectivity index (χ2v) is 7.44. The van der Waals surface area contributed by atoms with Crippen molar-refractivity contribution in [3.63, 3.8) is 0 Å². The molecular weight excluding hydrogens is 408 g/mol. The van der Waals surface area contributed by atoms with Gasteiger partial charge in [-0.2, -0.15) is 0 Å². The largest absolute Gasteiger partial charge is 0.496 e. The molecular formula is C14H24BrClN2O4S.